The second-order valence-electron chi connectivity index (χ2n) is 5.07. The number of nitrogens with zero attached hydrogens (tertiary/aromatic N) is 4. The van der Waals surface area contributed by atoms with Crippen LogP contribution in [0.25, 0.3) is 0 Å². The zero-order chi connectivity index (χ0) is 15.2. The first-order valence-electron chi connectivity index (χ1n) is 7.11. The van der Waals surface area contributed by atoms with Crippen LogP contribution in [0.3, 0.4) is 0 Å². The van der Waals surface area contributed by atoms with Crippen molar-refractivity contribution in [3.05, 3.63) is 30.2 Å². The maximum absolute atomic E-state index is 5.35. The van der Waals surface area contributed by atoms with Crippen molar-refractivity contribution in [3.63, 3.8) is 0 Å². The van der Waals surface area contributed by atoms with E-state index in [1.807, 2.05) is 35.9 Å². The molecule has 0 unspecified atom stereocenters. The van der Waals surface area contributed by atoms with Gasteiger partial charge in [0.2, 0.25) is 5.88 Å². The van der Waals surface area contributed by atoms with Crippen LogP contribution in [-0.4, -0.2) is 36.0 Å². The van der Waals surface area contributed by atoms with Gasteiger partial charge in [-0.3, -0.25) is 4.68 Å². The van der Waals surface area contributed by atoms with E-state index in [4.69, 9.17) is 4.74 Å². The van der Waals surface area contributed by atoms with Gasteiger partial charge in [0.05, 0.1) is 19.0 Å². The lowest BCUT2D eigenvalue weighted by Crippen LogP contribution is -2.13. The van der Waals surface area contributed by atoms with Gasteiger partial charge in [0.15, 0.2) is 0 Å². The summed E-state index contributed by atoms with van der Waals surface area (Å²) in [6.45, 7) is 3.77. The lowest BCUT2D eigenvalue weighted by molar-refractivity contribution is 0.400. The molecule has 6 heteroatoms. The number of hydrogen-bond acceptors (Lipinski definition) is 5. The molecule has 0 amide bonds. The van der Waals surface area contributed by atoms with Crippen molar-refractivity contribution in [2.24, 2.45) is 0 Å². The first-order chi connectivity index (χ1) is 10.2. The third-order valence-corrected chi connectivity index (χ3v) is 3.18. The molecule has 0 saturated carbocycles. The van der Waals surface area contributed by atoms with Crippen molar-refractivity contribution in [1.29, 1.82) is 0 Å². The van der Waals surface area contributed by atoms with E-state index in [9.17, 15) is 0 Å². The standard InChI is InChI=1S/C15H23N5O/c1-5-8-20-11-12(10-18-20)9-17-14-13(19(2)3)6-7-16-15(14)21-4/h6-7,10-11,17H,5,8-9H2,1-4H3. The van der Waals surface area contributed by atoms with Crippen LogP contribution in [0.2, 0.25) is 0 Å². The predicted octanol–water partition coefficient (Wildman–Crippen LogP) is 2.37. The Morgan fingerprint density at radius 2 is 2.19 bits per heavy atom. The second kappa shape index (κ2) is 6.97. The molecule has 2 aromatic heterocycles. The first kappa shape index (κ1) is 15.2. The number of rotatable bonds is 7. The maximum atomic E-state index is 5.35. The molecule has 0 saturated heterocycles. The molecule has 114 valence electrons. The first-order valence-corrected chi connectivity index (χ1v) is 7.11. The lowest BCUT2D eigenvalue weighted by atomic mass is 10.3. The molecule has 21 heavy (non-hydrogen) atoms. The van der Waals surface area contributed by atoms with E-state index >= 15 is 0 Å². The molecule has 0 aliphatic rings. The van der Waals surface area contributed by atoms with Gasteiger partial charge in [-0.25, -0.2) is 4.98 Å². The largest absolute Gasteiger partial charge is 0.479 e. The van der Waals surface area contributed by atoms with Crippen LogP contribution in [0.5, 0.6) is 5.88 Å². The molecule has 0 radical (unpaired) electrons. The monoisotopic (exact) mass is 289 g/mol. The zero-order valence-electron chi connectivity index (χ0n) is 13.1. The van der Waals surface area contributed by atoms with Crippen molar-refractivity contribution in [2.75, 3.05) is 31.4 Å². The van der Waals surface area contributed by atoms with E-state index in [1.165, 1.54) is 0 Å². The van der Waals surface area contributed by atoms with Gasteiger partial charge in [0.1, 0.15) is 5.69 Å². The van der Waals surface area contributed by atoms with Gasteiger partial charge in [-0.1, -0.05) is 6.92 Å². The Balaban J connectivity index is 2.14. The van der Waals surface area contributed by atoms with E-state index in [-0.39, 0.29) is 0 Å². The van der Waals surface area contributed by atoms with Gasteiger partial charge in [-0.2, -0.15) is 5.10 Å². The smallest absolute Gasteiger partial charge is 0.239 e. The molecular formula is C15H23N5O. The SMILES string of the molecule is CCCn1cc(CNc2c(N(C)C)ccnc2OC)cn1. The van der Waals surface area contributed by atoms with Gasteiger partial charge in [-0.05, 0) is 12.5 Å². The normalized spacial score (nSPS) is 10.5. The van der Waals surface area contributed by atoms with Crippen LogP contribution >= 0.6 is 0 Å². The third kappa shape index (κ3) is 3.65. The number of aryl methyl sites for hydroxylation is 1. The third-order valence-electron chi connectivity index (χ3n) is 3.18. The molecule has 0 bridgehead atoms. The summed E-state index contributed by atoms with van der Waals surface area (Å²) in [7, 11) is 5.63. The predicted molar refractivity (Wildman–Crippen MR) is 85.0 cm³/mol. The highest BCUT2D eigenvalue weighted by molar-refractivity contribution is 5.74. The van der Waals surface area contributed by atoms with Crippen molar-refractivity contribution in [1.82, 2.24) is 14.8 Å². The summed E-state index contributed by atoms with van der Waals surface area (Å²) < 4.78 is 7.31. The highest BCUT2D eigenvalue weighted by Gasteiger charge is 2.12. The molecule has 0 spiro atoms. The zero-order valence-corrected chi connectivity index (χ0v) is 13.1. The molecule has 1 N–H and O–H groups in total. The maximum Gasteiger partial charge on any atom is 0.239 e. The van der Waals surface area contributed by atoms with E-state index < -0.39 is 0 Å². The molecule has 0 aromatic carbocycles. The fourth-order valence-corrected chi connectivity index (χ4v) is 2.17. The summed E-state index contributed by atoms with van der Waals surface area (Å²) in [6.07, 6.45) is 6.78. The number of hydrogen-bond donors (Lipinski definition) is 1. The van der Waals surface area contributed by atoms with Gasteiger partial charge in [-0.15, -0.1) is 0 Å². The minimum atomic E-state index is 0.599. The molecule has 2 aromatic rings. The Labute approximate surface area is 125 Å². The average Bonchev–Trinajstić information content (AvgIpc) is 2.92. The van der Waals surface area contributed by atoms with Crippen LogP contribution in [0.4, 0.5) is 11.4 Å². The minimum absolute atomic E-state index is 0.599. The fraction of sp³-hybridized carbons (Fsp3) is 0.467. The Hall–Kier alpha value is -2.24. The van der Waals surface area contributed by atoms with Crippen LogP contribution in [-0.2, 0) is 13.1 Å². The van der Waals surface area contributed by atoms with E-state index in [0.717, 1.165) is 29.9 Å². The van der Waals surface area contributed by atoms with Crippen molar-refractivity contribution >= 4 is 11.4 Å². The fourth-order valence-electron chi connectivity index (χ4n) is 2.17. The Morgan fingerprint density at radius 1 is 1.38 bits per heavy atom. The highest BCUT2D eigenvalue weighted by Crippen LogP contribution is 2.32. The minimum Gasteiger partial charge on any atom is -0.479 e. The van der Waals surface area contributed by atoms with Crippen molar-refractivity contribution < 1.29 is 4.74 Å². The second-order valence-corrected chi connectivity index (χ2v) is 5.07. The number of pyridine rings is 1. The Kier molecular flexibility index (Phi) is 5.03. The van der Waals surface area contributed by atoms with E-state index in [1.54, 1.807) is 13.3 Å². The highest BCUT2D eigenvalue weighted by atomic mass is 16.5. The van der Waals surface area contributed by atoms with Gasteiger partial charge in [0.25, 0.3) is 0 Å². The molecule has 0 fully saturated rings. The summed E-state index contributed by atoms with van der Waals surface area (Å²) in [5.74, 6) is 0.599. The van der Waals surface area contributed by atoms with Crippen molar-refractivity contribution in [2.45, 2.75) is 26.4 Å². The Bertz CT molecular complexity index is 579. The summed E-state index contributed by atoms with van der Waals surface area (Å²) >= 11 is 0. The molecular weight excluding hydrogens is 266 g/mol. The van der Waals surface area contributed by atoms with Crippen LogP contribution < -0.4 is 15.0 Å². The number of methoxy groups -OCH3 is 1. The number of anilines is 2. The molecule has 6 nitrogen and oxygen atoms in total. The Morgan fingerprint density at radius 3 is 2.86 bits per heavy atom. The van der Waals surface area contributed by atoms with Gasteiger partial charge < -0.3 is 15.0 Å². The molecule has 0 atom stereocenters. The van der Waals surface area contributed by atoms with Crippen LogP contribution in [0.1, 0.15) is 18.9 Å². The summed E-state index contributed by atoms with van der Waals surface area (Å²) in [5.41, 5.74) is 3.08. The molecule has 0 aliphatic carbocycles. The molecule has 0 aliphatic heterocycles. The number of ether oxygens (including phenoxy) is 1. The molecule has 2 rings (SSSR count). The van der Waals surface area contributed by atoms with Crippen LogP contribution in [0.15, 0.2) is 24.7 Å². The summed E-state index contributed by atoms with van der Waals surface area (Å²) in [6, 6.07) is 1.96. The molecule has 2 heterocycles. The topological polar surface area (TPSA) is 55.2 Å². The average molecular weight is 289 g/mol. The number of nitrogens with one attached hydrogen (secondary N) is 1. The van der Waals surface area contributed by atoms with Gasteiger partial charge >= 0.3 is 0 Å². The summed E-state index contributed by atoms with van der Waals surface area (Å²) in [5, 5.41) is 7.74. The quantitative estimate of drug-likeness (QED) is 0.848. The lowest BCUT2D eigenvalue weighted by Gasteiger charge is -2.19. The number of aromatic nitrogens is 3. The van der Waals surface area contributed by atoms with E-state index in [0.29, 0.717) is 12.4 Å². The van der Waals surface area contributed by atoms with Crippen molar-refractivity contribution in [3.8, 4) is 5.88 Å². The van der Waals surface area contributed by atoms with E-state index in [2.05, 4.69) is 28.5 Å². The summed E-state index contributed by atoms with van der Waals surface area (Å²) in [4.78, 5) is 6.29. The van der Waals surface area contributed by atoms with Gasteiger partial charge in [0, 0.05) is 45.1 Å². The van der Waals surface area contributed by atoms with Crippen LogP contribution in [0, 0.1) is 0 Å².